The molecule has 21 heavy (non-hydrogen) atoms. The molecule has 3 rings (SSSR count). The van der Waals surface area contributed by atoms with Crippen LogP contribution < -0.4 is 0 Å². The zero-order chi connectivity index (χ0) is 14.7. The summed E-state index contributed by atoms with van der Waals surface area (Å²) in [6.45, 7) is 5.36. The molecule has 1 aliphatic rings. The minimum Gasteiger partial charge on any atom is -0.387 e. The van der Waals surface area contributed by atoms with Gasteiger partial charge in [0.15, 0.2) is 0 Å². The van der Waals surface area contributed by atoms with Crippen molar-refractivity contribution in [3.63, 3.8) is 0 Å². The Morgan fingerprint density at radius 1 is 1.33 bits per heavy atom. The molecule has 0 bridgehead atoms. The average Bonchev–Trinajstić information content (AvgIpc) is 2.93. The van der Waals surface area contributed by atoms with Crippen LogP contribution in [0.15, 0.2) is 35.8 Å². The van der Waals surface area contributed by atoms with Crippen LogP contribution in [0.3, 0.4) is 0 Å². The highest BCUT2D eigenvalue weighted by Gasteiger charge is 2.27. The van der Waals surface area contributed by atoms with Gasteiger partial charge in [0.2, 0.25) is 0 Å². The molecule has 1 N–H and O–H groups in total. The van der Waals surface area contributed by atoms with E-state index in [0.717, 1.165) is 38.2 Å². The normalized spacial score (nSPS) is 18.8. The molecule has 0 saturated carbocycles. The molecule has 0 unspecified atom stereocenters. The smallest absolute Gasteiger partial charge is 0.0988 e. The Balaban J connectivity index is 1.54. The van der Waals surface area contributed by atoms with Crippen molar-refractivity contribution in [2.75, 3.05) is 13.1 Å². The number of piperidine rings is 1. The topological polar surface area (TPSA) is 36.4 Å². The second-order valence-corrected chi connectivity index (χ2v) is 6.84. The number of pyridine rings is 1. The van der Waals surface area contributed by atoms with E-state index in [1.807, 2.05) is 29.5 Å². The summed E-state index contributed by atoms with van der Waals surface area (Å²) in [6.07, 6.45) is 3.43. The summed E-state index contributed by atoms with van der Waals surface area (Å²) in [5, 5.41) is 12.6. The molecule has 112 valence electrons. The maximum absolute atomic E-state index is 10.5. The monoisotopic (exact) mass is 302 g/mol. The second kappa shape index (κ2) is 6.69. The Bertz CT molecular complexity index is 561. The number of aryl methyl sites for hydroxylation is 1. The predicted octanol–water partition coefficient (Wildman–Crippen LogP) is 3.40. The average molecular weight is 302 g/mol. The SMILES string of the molecule is Cc1ccsc1CN1CCC([C@H](O)c2ccccn2)CC1. The summed E-state index contributed by atoms with van der Waals surface area (Å²) >= 11 is 1.85. The fourth-order valence-electron chi connectivity index (χ4n) is 2.99. The van der Waals surface area contributed by atoms with Gasteiger partial charge in [-0.25, -0.2) is 0 Å². The van der Waals surface area contributed by atoms with E-state index >= 15 is 0 Å². The highest BCUT2D eigenvalue weighted by atomic mass is 32.1. The van der Waals surface area contributed by atoms with Gasteiger partial charge in [-0.1, -0.05) is 6.07 Å². The van der Waals surface area contributed by atoms with Crippen LogP contribution in [0, 0.1) is 12.8 Å². The number of likely N-dealkylation sites (tertiary alicyclic amines) is 1. The van der Waals surface area contributed by atoms with Gasteiger partial charge in [0.25, 0.3) is 0 Å². The lowest BCUT2D eigenvalue weighted by molar-refractivity contribution is 0.0542. The third kappa shape index (κ3) is 3.51. The fraction of sp³-hybridized carbons (Fsp3) is 0.471. The first-order valence-electron chi connectivity index (χ1n) is 7.58. The van der Waals surface area contributed by atoms with Gasteiger partial charge in [-0.3, -0.25) is 9.88 Å². The first-order valence-corrected chi connectivity index (χ1v) is 8.46. The minimum atomic E-state index is -0.420. The molecule has 3 heterocycles. The number of rotatable bonds is 4. The molecule has 1 saturated heterocycles. The first-order chi connectivity index (χ1) is 10.2. The Morgan fingerprint density at radius 3 is 2.76 bits per heavy atom. The third-order valence-corrected chi connectivity index (χ3v) is 5.41. The van der Waals surface area contributed by atoms with E-state index in [2.05, 4.69) is 28.3 Å². The molecular formula is C17H22N2OS. The van der Waals surface area contributed by atoms with E-state index < -0.39 is 6.10 Å². The fourth-order valence-corrected chi connectivity index (χ4v) is 3.94. The van der Waals surface area contributed by atoms with Crippen molar-refractivity contribution >= 4 is 11.3 Å². The van der Waals surface area contributed by atoms with Crippen molar-refractivity contribution < 1.29 is 5.11 Å². The van der Waals surface area contributed by atoms with Crippen LogP contribution >= 0.6 is 11.3 Å². The lowest BCUT2D eigenvalue weighted by Gasteiger charge is -2.33. The number of aromatic nitrogens is 1. The van der Waals surface area contributed by atoms with Crippen molar-refractivity contribution in [1.82, 2.24) is 9.88 Å². The number of hydrogen-bond donors (Lipinski definition) is 1. The molecule has 0 amide bonds. The number of nitrogens with zero attached hydrogens (tertiary/aromatic N) is 2. The standard InChI is InChI=1S/C17H22N2OS/c1-13-7-11-21-16(13)12-19-9-5-14(6-10-19)17(20)15-4-2-3-8-18-15/h2-4,7-8,11,14,17,20H,5-6,9-10,12H2,1H3/t17-/m0/s1. The Morgan fingerprint density at radius 2 is 2.14 bits per heavy atom. The molecule has 4 heteroatoms. The van der Waals surface area contributed by atoms with Crippen molar-refractivity contribution in [2.24, 2.45) is 5.92 Å². The molecule has 0 spiro atoms. The molecule has 1 atom stereocenters. The maximum Gasteiger partial charge on any atom is 0.0988 e. The molecule has 2 aromatic heterocycles. The number of thiophene rings is 1. The van der Waals surface area contributed by atoms with Crippen molar-refractivity contribution in [2.45, 2.75) is 32.4 Å². The predicted molar refractivity (Wildman–Crippen MR) is 86.3 cm³/mol. The quantitative estimate of drug-likeness (QED) is 0.940. The molecule has 2 aromatic rings. The van der Waals surface area contributed by atoms with Crippen LogP contribution in [-0.4, -0.2) is 28.1 Å². The lowest BCUT2D eigenvalue weighted by Crippen LogP contribution is -2.35. The van der Waals surface area contributed by atoms with Crippen molar-refractivity contribution in [3.8, 4) is 0 Å². The minimum absolute atomic E-state index is 0.334. The largest absolute Gasteiger partial charge is 0.387 e. The van der Waals surface area contributed by atoms with Crippen LogP contribution in [0.5, 0.6) is 0 Å². The van der Waals surface area contributed by atoms with Gasteiger partial charge in [0, 0.05) is 17.6 Å². The summed E-state index contributed by atoms with van der Waals surface area (Å²) in [5.41, 5.74) is 2.21. The lowest BCUT2D eigenvalue weighted by atomic mass is 9.89. The summed E-state index contributed by atoms with van der Waals surface area (Å²) in [7, 11) is 0. The van der Waals surface area contributed by atoms with Gasteiger partial charge < -0.3 is 5.11 Å². The zero-order valence-electron chi connectivity index (χ0n) is 12.4. The van der Waals surface area contributed by atoms with Gasteiger partial charge in [-0.15, -0.1) is 11.3 Å². The van der Waals surface area contributed by atoms with Crippen molar-refractivity contribution in [1.29, 1.82) is 0 Å². The van der Waals surface area contributed by atoms with E-state index in [4.69, 9.17) is 0 Å². The van der Waals surface area contributed by atoms with E-state index in [9.17, 15) is 5.11 Å². The molecule has 1 fully saturated rings. The molecule has 1 aliphatic heterocycles. The van der Waals surface area contributed by atoms with Gasteiger partial charge in [-0.2, -0.15) is 0 Å². The third-order valence-electron chi connectivity index (χ3n) is 4.40. The van der Waals surface area contributed by atoms with Gasteiger partial charge in [0.1, 0.15) is 0 Å². The molecule has 0 aliphatic carbocycles. The summed E-state index contributed by atoms with van der Waals surface area (Å²) < 4.78 is 0. The second-order valence-electron chi connectivity index (χ2n) is 5.84. The molecule has 0 aromatic carbocycles. The van der Waals surface area contributed by atoms with Crippen LogP contribution in [0.4, 0.5) is 0 Å². The first kappa shape index (κ1) is 14.7. The van der Waals surface area contributed by atoms with Crippen LogP contribution in [0.2, 0.25) is 0 Å². The van der Waals surface area contributed by atoms with Gasteiger partial charge >= 0.3 is 0 Å². The number of aliphatic hydroxyl groups is 1. The number of aliphatic hydroxyl groups excluding tert-OH is 1. The Hall–Kier alpha value is -1.23. The van der Waals surface area contributed by atoms with E-state index in [0.29, 0.717) is 5.92 Å². The molecular weight excluding hydrogens is 280 g/mol. The highest BCUT2D eigenvalue weighted by molar-refractivity contribution is 7.10. The highest BCUT2D eigenvalue weighted by Crippen LogP contribution is 2.30. The van der Waals surface area contributed by atoms with Gasteiger partial charge in [-0.05, 0) is 67.9 Å². The van der Waals surface area contributed by atoms with E-state index in [-0.39, 0.29) is 0 Å². The summed E-state index contributed by atoms with van der Waals surface area (Å²) in [4.78, 5) is 8.25. The summed E-state index contributed by atoms with van der Waals surface area (Å²) in [6, 6.07) is 7.95. The maximum atomic E-state index is 10.5. The van der Waals surface area contributed by atoms with Crippen molar-refractivity contribution in [3.05, 3.63) is 52.0 Å². The van der Waals surface area contributed by atoms with E-state index in [1.165, 1.54) is 10.4 Å². The van der Waals surface area contributed by atoms with Crippen LogP contribution in [0.25, 0.3) is 0 Å². The molecule has 0 radical (unpaired) electrons. The van der Waals surface area contributed by atoms with Crippen LogP contribution in [0.1, 0.15) is 35.1 Å². The zero-order valence-corrected chi connectivity index (χ0v) is 13.2. The Kier molecular flexibility index (Phi) is 4.68. The van der Waals surface area contributed by atoms with Crippen LogP contribution in [-0.2, 0) is 6.54 Å². The van der Waals surface area contributed by atoms with E-state index in [1.54, 1.807) is 6.20 Å². The Labute approximate surface area is 130 Å². The summed E-state index contributed by atoms with van der Waals surface area (Å²) in [5.74, 6) is 0.334. The van der Waals surface area contributed by atoms with Gasteiger partial charge in [0.05, 0.1) is 11.8 Å². The number of hydrogen-bond acceptors (Lipinski definition) is 4. The molecule has 3 nitrogen and oxygen atoms in total.